The van der Waals surface area contributed by atoms with Crippen LogP contribution in [0.3, 0.4) is 0 Å². The van der Waals surface area contributed by atoms with Gasteiger partial charge < -0.3 is 19.9 Å². The summed E-state index contributed by atoms with van der Waals surface area (Å²) in [7, 11) is 0. The number of aliphatic hydroxyl groups excluding tert-OH is 1. The lowest BCUT2D eigenvalue weighted by molar-refractivity contribution is 0.0483. The Bertz CT molecular complexity index is 468. The summed E-state index contributed by atoms with van der Waals surface area (Å²) in [5.74, 6) is 0.799. The molecule has 0 saturated heterocycles. The highest BCUT2D eigenvalue weighted by Gasteiger charge is 2.19. The molecule has 0 saturated carbocycles. The second-order valence-electron chi connectivity index (χ2n) is 6.23. The molecule has 5 heteroatoms. The molecule has 0 aliphatic heterocycles. The first-order chi connectivity index (χ1) is 10.3. The maximum atomic E-state index is 11.8. The third-order valence-corrected chi connectivity index (χ3v) is 2.79. The lowest BCUT2D eigenvalue weighted by Crippen LogP contribution is -2.42. The molecule has 0 bridgehead atoms. The summed E-state index contributed by atoms with van der Waals surface area (Å²) in [6.45, 7) is 7.97. The van der Waals surface area contributed by atoms with Crippen molar-refractivity contribution in [2.75, 3.05) is 13.2 Å². The second-order valence-corrected chi connectivity index (χ2v) is 6.23. The van der Waals surface area contributed by atoms with Crippen molar-refractivity contribution >= 4 is 6.09 Å². The number of hydrogen-bond acceptors (Lipinski definition) is 4. The zero-order valence-corrected chi connectivity index (χ0v) is 13.9. The lowest BCUT2D eigenvalue weighted by atomic mass is 10.1. The minimum Gasteiger partial charge on any atom is -0.494 e. The molecule has 22 heavy (non-hydrogen) atoms. The molecular formula is C17H27NO4. The van der Waals surface area contributed by atoms with Crippen LogP contribution in [0.5, 0.6) is 5.75 Å². The van der Waals surface area contributed by atoms with Crippen LogP contribution >= 0.6 is 0 Å². The zero-order valence-electron chi connectivity index (χ0n) is 13.9. The van der Waals surface area contributed by atoms with Crippen molar-refractivity contribution in [3.8, 4) is 5.75 Å². The van der Waals surface area contributed by atoms with Crippen LogP contribution in [-0.4, -0.2) is 36.1 Å². The molecular weight excluding hydrogens is 282 g/mol. The summed E-state index contributed by atoms with van der Waals surface area (Å²) in [6.07, 6.45) is 0.938. The van der Waals surface area contributed by atoms with E-state index in [1.807, 2.05) is 24.3 Å². The van der Waals surface area contributed by atoms with Gasteiger partial charge in [0.1, 0.15) is 11.4 Å². The first-order valence-electron chi connectivity index (χ1n) is 7.66. The van der Waals surface area contributed by atoms with Gasteiger partial charge in [-0.3, -0.25) is 0 Å². The topological polar surface area (TPSA) is 67.8 Å². The fourth-order valence-corrected chi connectivity index (χ4v) is 1.90. The van der Waals surface area contributed by atoms with E-state index in [0.29, 0.717) is 13.0 Å². The van der Waals surface area contributed by atoms with Crippen molar-refractivity contribution in [3.05, 3.63) is 29.8 Å². The van der Waals surface area contributed by atoms with Crippen molar-refractivity contribution < 1.29 is 19.4 Å². The lowest BCUT2D eigenvalue weighted by Gasteiger charge is -2.23. The van der Waals surface area contributed by atoms with E-state index in [1.165, 1.54) is 0 Å². The standard InChI is InChI=1S/C17H27NO4/c1-5-9-21-15-8-6-7-13(11-15)10-14(12-19)18-16(20)22-17(2,3)4/h6-8,11,14,19H,5,9-10,12H2,1-4H3,(H,18,20). The number of nitrogens with one attached hydrogen (secondary N) is 1. The van der Waals surface area contributed by atoms with Crippen molar-refractivity contribution in [2.24, 2.45) is 0 Å². The molecule has 1 atom stereocenters. The highest BCUT2D eigenvalue weighted by molar-refractivity contribution is 5.68. The SMILES string of the molecule is CCCOc1cccc(CC(CO)NC(=O)OC(C)(C)C)c1. The smallest absolute Gasteiger partial charge is 0.407 e. The molecule has 0 aliphatic carbocycles. The minimum atomic E-state index is -0.558. The quantitative estimate of drug-likeness (QED) is 0.812. The highest BCUT2D eigenvalue weighted by Crippen LogP contribution is 2.15. The third kappa shape index (κ3) is 7.31. The van der Waals surface area contributed by atoms with E-state index in [9.17, 15) is 9.90 Å². The first-order valence-corrected chi connectivity index (χ1v) is 7.66. The number of amides is 1. The highest BCUT2D eigenvalue weighted by atomic mass is 16.6. The van der Waals surface area contributed by atoms with E-state index in [2.05, 4.69) is 12.2 Å². The number of benzene rings is 1. The van der Waals surface area contributed by atoms with Crippen LogP contribution in [0.1, 0.15) is 39.7 Å². The Morgan fingerprint density at radius 3 is 2.68 bits per heavy atom. The molecule has 0 radical (unpaired) electrons. The molecule has 1 unspecified atom stereocenters. The van der Waals surface area contributed by atoms with Crippen LogP contribution in [0.4, 0.5) is 4.79 Å². The maximum Gasteiger partial charge on any atom is 0.407 e. The van der Waals surface area contributed by atoms with E-state index < -0.39 is 17.7 Å². The van der Waals surface area contributed by atoms with Gasteiger partial charge in [0.2, 0.25) is 0 Å². The second kappa shape index (κ2) is 8.63. The van der Waals surface area contributed by atoms with Gasteiger partial charge in [-0.1, -0.05) is 19.1 Å². The Kier molecular flexibility index (Phi) is 7.18. The molecule has 1 rings (SSSR count). The first kappa shape index (κ1) is 18.3. The van der Waals surface area contributed by atoms with Gasteiger partial charge in [-0.2, -0.15) is 0 Å². The predicted octanol–water partition coefficient (Wildman–Crippen LogP) is 2.90. The zero-order chi connectivity index (χ0) is 16.6. The van der Waals surface area contributed by atoms with Gasteiger partial charge in [-0.15, -0.1) is 0 Å². The number of carbonyl (C=O) groups excluding carboxylic acids is 1. The van der Waals surface area contributed by atoms with Crippen molar-refractivity contribution in [1.82, 2.24) is 5.32 Å². The number of rotatable bonds is 7. The molecule has 124 valence electrons. The van der Waals surface area contributed by atoms with E-state index in [1.54, 1.807) is 20.8 Å². The van der Waals surface area contributed by atoms with E-state index in [4.69, 9.17) is 9.47 Å². The van der Waals surface area contributed by atoms with Crippen molar-refractivity contribution in [3.63, 3.8) is 0 Å². The summed E-state index contributed by atoms with van der Waals surface area (Å²) in [5.41, 5.74) is 0.432. The fourth-order valence-electron chi connectivity index (χ4n) is 1.90. The molecule has 0 fully saturated rings. The van der Waals surface area contributed by atoms with Crippen LogP contribution in [-0.2, 0) is 11.2 Å². The number of carbonyl (C=O) groups is 1. The molecule has 1 aromatic carbocycles. The van der Waals surface area contributed by atoms with Crippen LogP contribution in [0.25, 0.3) is 0 Å². The largest absolute Gasteiger partial charge is 0.494 e. The molecule has 0 spiro atoms. The number of hydrogen-bond donors (Lipinski definition) is 2. The normalized spacial score (nSPS) is 12.6. The van der Waals surface area contributed by atoms with Gasteiger partial charge in [-0.05, 0) is 51.3 Å². The molecule has 1 amide bonds. The van der Waals surface area contributed by atoms with Gasteiger partial charge in [0.15, 0.2) is 0 Å². The van der Waals surface area contributed by atoms with E-state index in [-0.39, 0.29) is 6.61 Å². The summed E-state index contributed by atoms with van der Waals surface area (Å²) >= 11 is 0. The van der Waals surface area contributed by atoms with Crippen LogP contribution in [0.2, 0.25) is 0 Å². The van der Waals surface area contributed by atoms with Gasteiger partial charge in [0.25, 0.3) is 0 Å². The van der Waals surface area contributed by atoms with Gasteiger partial charge in [0, 0.05) is 0 Å². The Balaban J connectivity index is 2.60. The minimum absolute atomic E-state index is 0.153. The molecule has 0 aliphatic rings. The Hall–Kier alpha value is -1.75. The predicted molar refractivity (Wildman–Crippen MR) is 86.2 cm³/mol. The molecule has 0 heterocycles. The van der Waals surface area contributed by atoms with Crippen LogP contribution in [0, 0.1) is 0 Å². The molecule has 5 nitrogen and oxygen atoms in total. The maximum absolute atomic E-state index is 11.8. The summed E-state index contributed by atoms with van der Waals surface area (Å²) < 4.78 is 10.8. The van der Waals surface area contributed by atoms with Crippen LogP contribution in [0.15, 0.2) is 24.3 Å². The van der Waals surface area contributed by atoms with Gasteiger partial charge >= 0.3 is 6.09 Å². The summed E-state index contributed by atoms with van der Waals surface area (Å²) in [5, 5.41) is 12.1. The number of aliphatic hydroxyl groups is 1. The molecule has 1 aromatic rings. The Morgan fingerprint density at radius 1 is 1.36 bits per heavy atom. The Morgan fingerprint density at radius 2 is 2.09 bits per heavy atom. The number of ether oxygens (including phenoxy) is 2. The van der Waals surface area contributed by atoms with Gasteiger partial charge in [0.05, 0.1) is 19.3 Å². The summed E-state index contributed by atoms with van der Waals surface area (Å²) in [4.78, 5) is 11.8. The summed E-state index contributed by atoms with van der Waals surface area (Å²) in [6, 6.07) is 7.28. The Labute approximate surface area is 132 Å². The van der Waals surface area contributed by atoms with Crippen molar-refractivity contribution in [1.29, 1.82) is 0 Å². The van der Waals surface area contributed by atoms with Crippen LogP contribution < -0.4 is 10.1 Å². The van der Waals surface area contributed by atoms with E-state index >= 15 is 0 Å². The third-order valence-electron chi connectivity index (χ3n) is 2.79. The number of alkyl carbamates (subject to hydrolysis) is 1. The van der Waals surface area contributed by atoms with Gasteiger partial charge in [-0.25, -0.2) is 4.79 Å². The average molecular weight is 309 g/mol. The fraction of sp³-hybridized carbons (Fsp3) is 0.588. The monoisotopic (exact) mass is 309 g/mol. The molecule has 0 aromatic heterocycles. The average Bonchev–Trinajstić information content (AvgIpc) is 2.42. The molecule has 2 N–H and O–H groups in total. The van der Waals surface area contributed by atoms with E-state index in [0.717, 1.165) is 17.7 Å². The van der Waals surface area contributed by atoms with Crippen molar-refractivity contribution in [2.45, 2.75) is 52.2 Å².